The minimum absolute atomic E-state index is 0.0114. The SMILES string of the molecule is CCOC1CC(N)C1Nc1nc2c(cc1C(N)=O)CCC2. The fourth-order valence-electron chi connectivity index (χ4n) is 3.15. The van der Waals surface area contributed by atoms with E-state index >= 15 is 0 Å². The molecule has 1 fully saturated rings. The minimum atomic E-state index is -0.458. The van der Waals surface area contributed by atoms with Crippen molar-refractivity contribution in [1.82, 2.24) is 4.98 Å². The fourth-order valence-corrected chi connectivity index (χ4v) is 3.15. The summed E-state index contributed by atoms with van der Waals surface area (Å²) in [6.45, 7) is 2.61. The van der Waals surface area contributed by atoms with Gasteiger partial charge in [-0.2, -0.15) is 0 Å². The second kappa shape index (κ2) is 5.61. The summed E-state index contributed by atoms with van der Waals surface area (Å²) in [6.07, 6.45) is 3.89. The van der Waals surface area contributed by atoms with Gasteiger partial charge in [0.2, 0.25) is 0 Å². The number of amides is 1. The lowest BCUT2D eigenvalue weighted by Gasteiger charge is -2.42. The number of carbonyl (C=O) groups is 1. The number of nitrogens with zero attached hydrogens (tertiary/aromatic N) is 1. The second-order valence-electron chi connectivity index (χ2n) is 5.77. The molecule has 114 valence electrons. The minimum Gasteiger partial charge on any atom is -0.376 e. The Morgan fingerprint density at radius 2 is 2.33 bits per heavy atom. The van der Waals surface area contributed by atoms with Crippen molar-refractivity contribution >= 4 is 11.7 Å². The van der Waals surface area contributed by atoms with Gasteiger partial charge in [-0.15, -0.1) is 0 Å². The van der Waals surface area contributed by atoms with E-state index < -0.39 is 5.91 Å². The van der Waals surface area contributed by atoms with Crippen LogP contribution in [-0.4, -0.2) is 35.7 Å². The number of primary amides is 1. The van der Waals surface area contributed by atoms with Crippen molar-refractivity contribution in [3.63, 3.8) is 0 Å². The Morgan fingerprint density at radius 1 is 1.52 bits per heavy atom. The zero-order valence-electron chi connectivity index (χ0n) is 12.3. The molecule has 6 heteroatoms. The lowest BCUT2D eigenvalue weighted by atomic mass is 9.83. The molecule has 2 aliphatic carbocycles. The van der Waals surface area contributed by atoms with Crippen LogP contribution in [0.4, 0.5) is 5.82 Å². The maximum Gasteiger partial charge on any atom is 0.252 e. The van der Waals surface area contributed by atoms with E-state index in [9.17, 15) is 4.79 Å². The number of pyridine rings is 1. The topological polar surface area (TPSA) is 103 Å². The molecule has 1 aromatic heterocycles. The smallest absolute Gasteiger partial charge is 0.252 e. The van der Waals surface area contributed by atoms with E-state index in [4.69, 9.17) is 16.2 Å². The van der Waals surface area contributed by atoms with E-state index in [2.05, 4.69) is 10.3 Å². The highest BCUT2D eigenvalue weighted by molar-refractivity contribution is 5.98. The van der Waals surface area contributed by atoms with Gasteiger partial charge in [0, 0.05) is 18.3 Å². The second-order valence-corrected chi connectivity index (χ2v) is 5.77. The molecule has 0 aliphatic heterocycles. The van der Waals surface area contributed by atoms with E-state index in [0.717, 1.165) is 36.9 Å². The predicted octanol–water partition coefficient (Wildman–Crippen LogP) is 0.586. The number of ether oxygens (including phenoxy) is 1. The van der Waals surface area contributed by atoms with Gasteiger partial charge >= 0.3 is 0 Å². The number of fused-ring (bicyclic) bond motifs is 1. The van der Waals surface area contributed by atoms with E-state index in [1.165, 1.54) is 0 Å². The molecule has 1 aromatic rings. The Hall–Kier alpha value is -1.66. The van der Waals surface area contributed by atoms with Crippen molar-refractivity contribution in [2.75, 3.05) is 11.9 Å². The summed E-state index contributed by atoms with van der Waals surface area (Å²) in [5.41, 5.74) is 14.2. The largest absolute Gasteiger partial charge is 0.376 e. The van der Waals surface area contributed by atoms with Gasteiger partial charge in [0.05, 0.1) is 17.7 Å². The number of aryl methyl sites for hydroxylation is 2. The number of hydrogen-bond acceptors (Lipinski definition) is 5. The van der Waals surface area contributed by atoms with Gasteiger partial charge in [-0.25, -0.2) is 4.98 Å². The van der Waals surface area contributed by atoms with Crippen molar-refractivity contribution in [3.8, 4) is 0 Å². The van der Waals surface area contributed by atoms with Crippen LogP contribution in [0, 0.1) is 0 Å². The molecule has 6 nitrogen and oxygen atoms in total. The molecule has 0 aromatic carbocycles. The monoisotopic (exact) mass is 290 g/mol. The molecule has 1 heterocycles. The quantitative estimate of drug-likeness (QED) is 0.736. The third kappa shape index (κ3) is 2.61. The molecular formula is C15H22N4O2. The van der Waals surface area contributed by atoms with E-state index in [0.29, 0.717) is 18.0 Å². The lowest BCUT2D eigenvalue weighted by Crippen LogP contribution is -2.60. The van der Waals surface area contributed by atoms with Gasteiger partial charge in [0.25, 0.3) is 5.91 Å². The van der Waals surface area contributed by atoms with Crippen LogP contribution in [0.2, 0.25) is 0 Å². The standard InChI is InChI=1S/C15H22N4O2/c1-2-21-12-7-10(16)13(12)19-15-9(14(17)20)6-8-4-3-5-11(8)18-15/h6,10,12-13H,2-5,7,16H2,1H3,(H2,17,20)(H,18,19). The third-order valence-electron chi connectivity index (χ3n) is 4.37. The molecule has 3 rings (SSSR count). The predicted molar refractivity (Wildman–Crippen MR) is 80.2 cm³/mol. The number of hydrogen-bond donors (Lipinski definition) is 3. The van der Waals surface area contributed by atoms with E-state index in [1.54, 1.807) is 0 Å². The third-order valence-corrected chi connectivity index (χ3v) is 4.37. The van der Waals surface area contributed by atoms with E-state index in [-0.39, 0.29) is 18.2 Å². The lowest BCUT2D eigenvalue weighted by molar-refractivity contribution is -0.0127. The van der Waals surface area contributed by atoms with Gasteiger partial charge in [0.15, 0.2) is 0 Å². The van der Waals surface area contributed by atoms with Crippen LogP contribution in [0.25, 0.3) is 0 Å². The fraction of sp³-hybridized carbons (Fsp3) is 0.600. The Balaban J connectivity index is 1.85. The van der Waals surface area contributed by atoms with Crippen molar-refractivity contribution in [2.24, 2.45) is 11.5 Å². The molecule has 0 bridgehead atoms. The highest BCUT2D eigenvalue weighted by Crippen LogP contribution is 2.30. The van der Waals surface area contributed by atoms with Crippen LogP contribution in [0.3, 0.4) is 0 Å². The highest BCUT2D eigenvalue weighted by Gasteiger charge is 2.40. The first-order valence-corrected chi connectivity index (χ1v) is 7.56. The Kier molecular flexibility index (Phi) is 3.82. The molecule has 3 atom stereocenters. The normalized spacial score (nSPS) is 27.0. The summed E-state index contributed by atoms with van der Waals surface area (Å²) in [7, 11) is 0. The summed E-state index contributed by atoms with van der Waals surface area (Å²) in [4.78, 5) is 16.3. The highest BCUT2D eigenvalue weighted by atomic mass is 16.5. The maximum atomic E-state index is 11.7. The molecule has 3 unspecified atom stereocenters. The molecular weight excluding hydrogens is 268 g/mol. The van der Waals surface area contributed by atoms with Crippen molar-refractivity contribution in [2.45, 2.75) is 50.8 Å². The average molecular weight is 290 g/mol. The first-order valence-electron chi connectivity index (χ1n) is 7.56. The molecule has 1 saturated carbocycles. The van der Waals surface area contributed by atoms with Crippen LogP contribution in [-0.2, 0) is 17.6 Å². The maximum absolute atomic E-state index is 11.7. The first kappa shape index (κ1) is 14.3. The Morgan fingerprint density at radius 3 is 3.00 bits per heavy atom. The zero-order valence-corrected chi connectivity index (χ0v) is 12.3. The van der Waals surface area contributed by atoms with Gasteiger partial charge in [-0.1, -0.05) is 0 Å². The van der Waals surface area contributed by atoms with Gasteiger partial charge in [-0.05, 0) is 44.2 Å². The number of aromatic nitrogens is 1. The van der Waals surface area contributed by atoms with Crippen molar-refractivity contribution in [1.29, 1.82) is 0 Å². The summed E-state index contributed by atoms with van der Waals surface area (Å²) < 4.78 is 5.64. The number of carbonyl (C=O) groups excluding carboxylic acids is 1. The van der Waals surface area contributed by atoms with Crippen LogP contribution < -0.4 is 16.8 Å². The number of nitrogens with two attached hydrogens (primary N) is 2. The first-order chi connectivity index (χ1) is 10.1. The average Bonchev–Trinajstić information content (AvgIpc) is 2.90. The van der Waals surface area contributed by atoms with E-state index in [1.807, 2.05) is 13.0 Å². The zero-order chi connectivity index (χ0) is 15.0. The molecule has 1 amide bonds. The molecule has 0 spiro atoms. The number of anilines is 1. The summed E-state index contributed by atoms with van der Waals surface area (Å²) in [6, 6.07) is 1.87. The molecule has 0 radical (unpaired) electrons. The van der Waals surface area contributed by atoms with Crippen LogP contribution in [0.1, 0.15) is 41.4 Å². The Bertz CT molecular complexity index is 559. The number of rotatable bonds is 5. The molecule has 5 N–H and O–H groups in total. The summed E-state index contributed by atoms with van der Waals surface area (Å²) in [5.74, 6) is 0.0913. The van der Waals surface area contributed by atoms with Gasteiger partial charge in [-0.3, -0.25) is 4.79 Å². The van der Waals surface area contributed by atoms with Gasteiger partial charge in [0.1, 0.15) is 5.82 Å². The van der Waals surface area contributed by atoms with Crippen LogP contribution >= 0.6 is 0 Å². The molecule has 21 heavy (non-hydrogen) atoms. The van der Waals surface area contributed by atoms with Crippen LogP contribution in [0.15, 0.2) is 6.07 Å². The summed E-state index contributed by atoms with van der Waals surface area (Å²) in [5, 5.41) is 3.28. The van der Waals surface area contributed by atoms with Crippen molar-refractivity contribution < 1.29 is 9.53 Å². The van der Waals surface area contributed by atoms with Crippen molar-refractivity contribution in [3.05, 3.63) is 22.9 Å². The molecule has 0 saturated heterocycles. The van der Waals surface area contributed by atoms with Crippen LogP contribution in [0.5, 0.6) is 0 Å². The summed E-state index contributed by atoms with van der Waals surface area (Å²) >= 11 is 0. The Labute approximate surface area is 124 Å². The van der Waals surface area contributed by atoms with Gasteiger partial charge < -0.3 is 21.5 Å². The number of nitrogens with one attached hydrogen (secondary N) is 1. The molecule has 2 aliphatic rings.